The highest BCUT2D eigenvalue weighted by Crippen LogP contribution is 2.55. The Morgan fingerprint density at radius 2 is 1.95 bits per heavy atom. The molecular formula is C18H22N2O. The van der Waals surface area contributed by atoms with E-state index in [0.29, 0.717) is 0 Å². The molecule has 2 heterocycles. The van der Waals surface area contributed by atoms with E-state index in [9.17, 15) is 5.11 Å². The van der Waals surface area contributed by atoms with E-state index in [-0.39, 0.29) is 11.5 Å². The van der Waals surface area contributed by atoms with Crippen LogP contribution in [0.15, 0.2) is 36.8 Å². The first-order chi connectivity index (χ1) is 10.0. The van der Waals surface area contributed by atoms with Crippen LogP contribution in [-0.4, -0.2) is 20.3 Å². The molecule has 21 heavy (non-hydrogen) atoms. The number of hydrogen-bond acceptors (Lipinski definition) is 2. The Morgan fingerprint density at radius 3 is 2.76 bits per heavy atom. The van der Waals surface area contributed by atoms with Crippen molar-refractivity contribution in [2.24, 2.45) is 5.41 Å². The summed E-state index contributed by atoms with van der Waals surface area (Å²) in [4.78, 5) is 4.32. The molecule has 2 aromatic rings. The number of hydrogen-bond donors (Lipinski definition) is 1. The molecule has 1 aromatic carbocycles. The summed E-state index contributed by atoms with van der Waals surface area (Å²) in [5, 5.41) is 11.7. The smallest absolute Gasteiger partial charge is 0.0957 e. The minimum absolute atomic E-state index is 0.0125. The zero-order valence-corrected chi connectivity index (χ0v) is 12.7. The molecule has 0 radical (unpaired) electrons. The van der Waals surface area contributed by atoms with Crippen molar-refractivity contribution < 1.29 is 5.11 Å². The van der Waals surface area contributed by atoms with Gasteiger partial charge in [-0.2, -0.15) is 0 Å². The first-order valence-electron chi connectivity index (χ1n) is 7.88. The van der Waals surface area contributed by atoms with Crippen molar-refractivity contribution in [1.82, 2.24) is 9.55 Å². The van der Waals surface area contributed by atoms with Crippen molar-refractivity contribution in [1.29, 1.82) is 0 Å². The Labute approximate surface area is 125 Å². The van der Waals surface area contributed by atoms with Gasteiger partial charge in [0.25, 0.3) is 0 Å². The SMILES string of the molecule is CC1(C)CCCC[C@]1(O)[C@H]1c2ccccc2-c2cncn21. The standard InChI is InChI=1S/C18H22N2O/c1-17(2)9-5-6-10-18(17,21)16-14-8-4-3-7-13(14)15-11-19-12-20(15)16/h3-4,7-8,11-12,16,21H,5-6,9-10H2,1-2H3/t16-,18+/m1/s1. The third kappa shape index (κ3) is 1.61. The first kappa shape index (κ1) is 13.1. The molecule has 1 fully saturated rings. The third-order valence-electron chi connectivity index (χ3n) is 5.71. The highest BCUT2D eigenvalue weighted by atomic mass is 16.3. The molecule has 2 atom stereocenters. The Bertz CT molecular complexity index is 688. The average molecular weight is 282 g/mol. The van der Waals surface area contributed by atoms with E-state index < -0.39 is 5.60 Å². The number of nitrogens with zero attached hydrogens (tertiary/aromatic N) is 2. The van der Waals surface area contributed by atoms with Crippen LogP contribution in [-0.2, 0) is 0 Å². The maximum atomic E-state index is 11.7. The van der Waals surface area contributed by atoms with Crippen LogP contribution in [0.1, 0.15) is 51.1 Å². The van der Waals surface area contributed by atoms with Gasteiger partial charge in [-0.25, -0.2) is 4.98 Å². The Kier molecular flexibility index (Phi) is 2.62. The van der Waals surface area contributed by atoms with Crippen LogP contribution in [0.4, 0.5) is 0 Å². The van der Waals surface area contributed by atoms with E-state index in [2.05, 4.69) is 47.7 Å². The maximum absolute atomic E-state index is 11.7. The van der Waals surface area contributed by atoms with Crippen LogP contribution < -0.4 is 0 Å². The van der Waals surface area contributed by atoms with Crippen molar-refractivity contribution in [2.75, 3.05) is 0 Å². The topological polar surface area (TPSA) is 38.1 Å². The predicted octanol–water partition coefficient (Wildman–Crippen LogP) is 3.78. The fourth-order valence-corrected chi connectivity index (χ4v) is 4.35. The van der Waals surface area contributed by atoms with E-state index in [1.807, 2.05) is 12.5 Å². The zero-order valence-electron chi connectivity index (χ0n) is 12.7. The number of fused-ring (bicyclic) bond motifs is 3. The van der Waals surface area contributed by atoms with E-state index in [1.165, 1.54) is 17.5 Å². The minimum atomic E-state index is -0.715. The second-order valence-corrected chi connectivity index (χ2v) is 7.19. The molecule has 1 saturated carbocycles. The quantitative estimate of drug-likeness (QED) is 0.864. The summed E-state index contributed by atoms with van der Waals surface area (Å²) in [5.74, 6) is 0. The van der Waals surface area contributed by atoms with Crippen LogP contribution in [0.5, 0.6) is 0 Å². The van der Waals surface area contributed by atoms with Crippen LogP contribution in [0.2, 0.25) is 0 Å². The molecule has 1 aromatic heterocycles. The van der Waals surface area contributed by atoms with Gasteiger partial charge in [-0.15, -0.1) is 0 Å². The normalized spacial score (nSPS) is 30.0. The van der Waals surface area contributed by atoms with Gasteiger partial charge in [0, 0.05) is 5.56 Å². The summed E-state index contributed by atoms with van der Waals surface area (Å²) in [6.07, 6.45) is 8.03. The zero-order chi connectivity index (χ0) is 14.7. The molecule has 2 aliphatic rings. The van der Waals surface area contributed by atoms with Crippen LogP contribution >= 0.6 is 0 Å². The number of aliphatic hydroxyl groups is 1. The fraction of sp³-hybridized carbons (Fsp3) is 0.500. The van der Waals surface area contributed by atoms with Crippen LogP contribution in [0.3, 0.4) is 0 Å². The summed E-state index contributed by atoms with van der Waals surface area (Å²) in [6, 6.07) is 8.43. The lowest BCUT2D eigenvalue weighted by molar-refractivity contribution is -0.121. The van der Waals surface area contributed by atoms with E-state index in [0.717, 1.165) is 25.0 Å². The Balaban J connectivity index is 1.93. The van der Waals surface area contributed by atoms with E-state index in [1.54, 1.807) is 0 Å². The van der Waals surface area contributed by atoms with E-state index >= 15 is 0 Å². The van der Waals surface area contributed by atoms with Gasteiger partial charge in [-0.3, -0.25) is 0 Å². The molecule has 3 heteroatoms. The largest absolute Gasteiger partial charge is 0.387 e. The molecule has 1 aliphatic heterocycles. The Morgan fingerprint density at radius 1 is 1.19 bits per heavy atom. The molecule has 4 rings (SSSR count). The molecule has 0 unspecified atom stereocenters. The number of aromatic nitrogens is 2. The summed E-state index contributed by atoms with van der Waals surface area (Å²) in [6.45, 7) is 4.42. The average Bonchev–Trinajstić information content (AvgIpc) is 3.02. The molecular weight excluding hydrogens is 260 g/mol. The van der Waals surface area contributed by atoms with Gasteiger partial charge in [0.1, 0.15) is 0 Å². The summed E-state index contributed by atoms with van der Waals surface area (Å²) in [7, 11) is 0. The lowest BCUT2D eigenvalue weighted by atomic mass is 9.61. The van der Waals surface area contributed by atoms with Crippen molar-refractivity contribution in [3.8, 4) is 11.3 Å². The first-order valence-corrected chi connectivity index (χ1v) is 7.88. The molecule has 1 N–H and O–H groups in total. The highest BCUT2D eigenvalue weighted by molar-refractivity contribution is 5.69. The van der Waals surface area contributed by atoms with E-state index in [4.69, 9.17) is 0 Å². The van der Waals surface area contributed by atoms with Crippen LogP contribution in [0.25, 0.3) is 11.3 Å². The van der Waals surface area contributed by atoms with Crippen LogP contribution in [0, 0.1) is 5.41 Å². The minimum Gasteiger partial charge on any atom is -0.387 e. The lowest BCUT2D eigenvalue weighted by Gasteiger charge is -2.50. The molecule has 0 spiro atoms. The molecule has 0 amide bonds. The van der Waals surface area contributed by atoms with Crippen molar-refractivity contribution >= 4 is 0 Å². The molecule has 1 aliphatic carbocycles. The van der Waals surface area contributed by atoms with Crippen molar-refractivity contribution in [3.05, 3.63) is 42.4 Å². The molecule has 3 nitrogen and oxygen atoms in total. The van der Waals surface area contributed by atoms with Crippen molar-refractivity contribution in [2.45, 2.75) is 51.2 Å². The maximum Gasteiger partial charge on any atom is 0.0957 e. The van der Waals surface area contributed by atoms with Gasteiger partial charge in [0.05, 0.1) is 29.9 Å². The van der Waals surface area contributed by atoms with Gasteiger partial charge >= 0.3 is 0 Å². The second kappa shape index (κ2) is 4.20. The second-order valence-electron chi connectivity index (χ2n) is 7.19. The monoisotopic (exact) mass is 282 g/mol. The molecule has 110 valence electrons. The third-order valence-corrected chi connectivity index (χ3v) is 5.71. The van der Waals surface area contributed by atoms with Gasteiger partial charge in [0.15, 0.2) is 0 Å². The molecule has 0 saturated heterocycles. The number of imidazole rings is 1. The van der Waals surface area contributed by atoms with Gasteiger partial charge < -0.3 is 9.67 Å². The van der Waals surface area contributed by atoms with Gasteiger partial charge in [-0.1, -0.05) is 51.0 Å². The van der Waals surface area contributed by atoms with Crippen molar-refractivity contribution in [3.63, 3.8) is 0 Å². The number of rotatable bonds is 1. The number of benzene rings is 1. The summed E-state index contributed by atoms with van der Waals surface area (Å²) >= 11 is 0. The van der Waals surface area contributed by atoms with Gasteiger partial charge in [0.2, 0.25) is 0 Å². The fourth-order valence-electron chi connectivity index (χ4n) is 4.35. The molecule has 0 bridgehead atoms. The Hall–Kier alpha value is -1.61. The summed E-state index contributed by atoms with van der Waals surface area (Å²) < 4.78 is 2.18. The van der Waals surface area contributed by atoms with Gasteiger partial charge in [-0.05, 0) is 23.8 Å². The highest BCUT2D eigenvalue weighted by Gasteiger charge is 2.54. The predicted molar refractivity (Wildman–Crippen MR) is 83.0 cm³/mol. The summed E-state index contributed by atoms with van der Waals surface area (Å²) in [5.41, 5.74) is 2.79. The lowest BCUT2D eigenvalue weighted by Crippen LogP contribution is -2.52.